The van der Waals surface area contributed by atoms with E-state index in [1.807, 2.05) is 36.4 Å². The molecule has 1 aromatic heterocycles. The van der Waals surface area contributed by atoms with Crippen molar-refractivity contribution in [2.45, 2.75) is 39.5 Å². The third-order valence-electron chi connectivity index (χ3n) is 6.40. The smallest absolute Gasteiger partial charge is 0.331 e. The van der Waals surface area contributed by atoms with Crippen molar-refractivity contribution in [1.82, 2.24) is 4.98 Å². The van der Waals surface area contributed by atoms with Crippen LogP contribution in [0.4, 0.5) is 18.9 Å². The highest BCUT2D eigenvalue weighted by molar-refractivity contribution is 5.84. The van der Waals surface area contributed by atoms with Gasteiger partial charge in [-0.05, 0) is 44.0 Å². The highest BCUT2D eigenvalue weighted by Crippen LogP contribution is 2.40. The Kier molecular flexibility index (Phi) is 9.32. The molecule has 0 saturated heterocycles. The molecule has 3 aromatic carbocycles. The summed E-state index contributed by atoms with van der Waals surface area (Å²) in [7, 11) is 0. The average Bonchev–Trinajstić information content (AvgIpc) is 2.99. The van der Waals surface area contributed by atoms with Gasteiger partial charge in [0.25, 0.3) is 11.8 Å². The van der Waals surface area contributed by atoms with Crippen LogP contribution in [0.5, 0.6) is 17.4 Å². The molecule has 216 valence electrons. The monoisotopic (exact) mass is 575 g/mol. The highest BCUT2D eigenvalue weighted by Gasteiger charge is 2.41. The van der Waals surface area contributed by atoms with Crippen LogP contribution in [-0.2, 0) is 22.7 Å². The van der Waals surface area contributed by atoms with Crippen LogP contribution >= 0.6 is 0 Å². The van der Waals surface area contributed by atoms with Crippen molar-refractivity contribution >= 4 is 11.7 Å². The number of nitriles is 1. The van der Waals surface area contributed by atoms with Gasteiger partial charge in [-0.2, -0.15) is 23.4 Å². The number of nitrogens with zero attached hydrogens (tertiary/aromatic N) is 3. The largest absolute Gasteiger partial charge is 0.485 e. The third-order valence-corrected chi connectivity index (χ3v) is 6.40. The van der Waals surface area contributed by atoms with Crippen molar-refractivity contribution in [1.29, 1.82) is 5.26 Å². The Morgan fingerprint density at radius 2 is 1.57 bits per heavy atom. The number of aromatic nitrogens is 1. The number of hydrogen-bond donors (Lipinski definition) is 0. The first-order valence-corrected chi connectivity index (χ1v) is 13.1. The zero-order chi connectivity index (χ0) is 30.3. The average molecular weight is 576 g/mol. The molecule has 0 N–H and O–H groups in total. The van der Waals surface area contributed by atoms with Crippen LogP contribution in [0.25, 0.3) is 0 Å². The van der Waals surface area contributed by atoms with Crippen LogP contribution in [0.1, 0.15) is 37.5 Å². The van der Waals surface area contributed by atoms with Gasteiger partial charge in [-0.1, -0.05) is 60.7 Å². The lowest BCUT2D eigenvalue weighted by molar-refractivity contribution is -0.148. The number of carbonyl (C=O) groups is 1. The minimum atomic E-state index is -1.65. The second-order valence-corrected chi connectivity index (χ2v) is 9.69. The molecule has 4 aromatic rings. The zero-order valence-electron chi connectivity index (χ0n) is 23.2. The van der Waals surface area contributed by atoms with E-state index in [9.17, 15) is 10.1 Å². The van der Waals surface area contributed by atoms with Crippen molar-refractivity contribution < 1.29 is 32.2 Å². The molecule has 0 amide bonds. The quantitative estimate of drug-likeness (QED) is 0.139. The summed E-state index contributed by atoms with van der Waals surface area (Å²) in [5, 5.41) is 9.41. The molecule has 7 nitrogen and oxygen atoms in total. The molecule has 0 unspecified atom stereocenters. The minimum Gasteiger partial charge on any atom is -0.485 e. The van der Waals surface area contributed by atoms with Gasteiger partial charge in [0.05, 0.1) is 18.2 Å². The Balaban J connectivity index is 1.79. The number of carbonyl (C=O) groups excluding carboxylic acids is 1. The molecule has 10 heteroatoms. The summed E-state index contributed by atoms with van der Waals surface area (Å²) < 4.78 is 63.3. The number of pyridine rings is 1. The van der Waals surface area contributed by atoms with Crippen LogP contribution in [0.3, 0.4) is 0 Å². The Bertz CT molecular complexity index is 1590. The fourth-order valence-electron chi connectivity index (χ4n) is 4.14. The second-order valence-electron chi connectivity index (χ2n) is 9.69. The summed E-state index contributed by atoms with van der Waals surface area (Å²) in [4.78, 5) is 17.4. The maximum atomic E-state index is 16.2. The predicted octanol–water partition coefficient (Wildman–Crippen LogP) is 7.09. The van der Waals surface area contributed by atoms with Crippen molar-refractivity contribution in [3.05, 3.63) is 113 Å². The fraction of sp³-hybridized carbons (Fsp3) is 0.219. The fourth-order valence-corrected chi connectivity index (χ4v) is 4.14. The van der Waals surface area contributed by atoms with Crippen LogP contribution in [0.2, 0.25) is 0 Å². The summed E-state index contributed by atoms with van der Waals surface area (Å²) in [6.07, 6.45) is 0. The van der Waals surface area contributed by atoms with E-state index in [1.165, 1.54) is 32.0 Å². The lowest BCUT2D eigenvalue weighted by Gasteiger charge is -2.38. The lowest BCUT2D eigenvalue weighted by atomic mass is 10.00. The standard InChI is InChI=1S/C32H28F3N3O4/c1-4-40-31(39)32(2,3)38(19-21-11-7-5-8-12-21)28-26(33)29(35)37-30(27(28)34)42-25-17-23(18-36)15-16-24(25)41-20-22-13-9-6-10-14-22/h5-17H,4,19-20H2,1-3H3. The first kappa shape index (κ1) is 29.9. The normalized spacial score (nSPS) is 11.0. The van der Waals surface area contributed by atoms with E-state index in [-0.39, 0.29) is 36.8 Å². The van der Waals surface area contributed by atoms with E-state index < -0.39 is 40.7 Å². The van der Waals surface area contributed by atoms with Gasteiger partial charge < -0.3 is 19.1 Å². The van der Waals surface area contributed by atoms with E-state index in [4.69, 9.17) is 14.2 Å². The molecular weight excluding hydrogens is 547 g/mol. The third kappa shape index (κ3) is 6.63. The van der Waals surface area contributed by atoms with E-state index in [0.29, 0.717) is 5.56 Å². The maximum absolute atomic E-state index is 16.2. The second kappa shape index (κ2) is 13.1. The molecule has 0 bridgehead atoms. The van der Waals surface area contributed by atoms with Gasteiger partial charge in [0.2, 0.25) is 11.6 Å². The van der Waals surface area contributed by atoms with Gasteiger partial charge in [-0.15, -0.1) is 0 Å². The highest BCUT2D eigenvalue weighted by atomic mass is 19.2. The Labute approximate surface area is 241 Å². The number of rotatable bonds is 11. The topological polar surface area (TPSA) is 84.7 Å². The summed E-state index contributed by atoms with van der Waals surface area (Å²) >= 11 is 0. The number of hydrogen-bond acceptors (Lipinski definition) is 7. The molecule has 0 aliphatic carbocycles. The Morgan fingerprint density at radius 3 is 2.19 bits per heavy atom. The first-order valence-electron chi connectivity index (χ1n) is 13.1. The molecule has 4 rings (SSSR count). The van der Waals surface area contributed by atoms with Crippen LogP contribution in [0, 0.1) is 28.9 Å². The van der Waals surface area contributed by atoms with Crippen LogP contribution in [-0.4, -0.2) is 23.1 Å². The summed E-state index contributed by atoms with van der Waals surface area (Å²) in [6, 6.07) is 23.9. The minimum absolute atomic E-state index is 0.0203. The van der Waals surface area contributed by atoms with E-state index in [0.717, 1.165) is 10.5 Å². The van der Waals surface area contributed by atoms with Gasteiger partial charge in [0.15, 0.2) is 11.5 Å². The number of benzene rings is 3. The number of anilines is 1. The molecule has 0 spiro atoms. The molecule has 0 aliphatic rings. The molecule has 0 fully saturated rings. The summed E-state index contributed by atoms with van der Waals surface area (Å²) in [5.41, 5.74) is -0.961. The summed E-state index contributed by atoms with van der Waals surface area (Å²) in [6.45, 7) is 4.38. The summed E-state index contributed by atoms with van der Waals surface area (Å²) in [5.74, 6) is -6.36. The van der Waals surface area contributed by atoms with Gasteiger partial charge in [-0.25, -0.2) is 4.79 Å². The van der Waals surface area contributed by atoms with Crippen LogP contribution in [0.15, 0.2) is 78.9 Å². The maximum Gasteiger partial charge on any atom is 0.331 e. The molecule has 0 atom stereocenters. The Hall–Kier alpha value is -5.04. The predicted molar refractivity (Wildman–Crippen MR) is 149 cm³/mol. The number of ether oxygens (including phenoxy) is 3. The van der Waals surface area contributed by atoms with Gasteiger partial charge >= 0.3 is 5.97 Å². The molecular formula is C32H28F3N3O4. The molecule has 0 saturated carbocycles. The molecule has 0 aliphatic heterocycles. The van der Waals surface area contributed by atoms with E-state index in [1.54, 1.807) is 37.3 Å². The van der Waals surface area contributed by atoms with Crippen molar-refractivity contribution in [2.24, 2.45) is 0 Å². The molecule has 1 heterocycles. The zero-order valence-corrected chi connectivity index (χ0v) is 23.2. The molecule has 42 heavy (non-hydrogen) atoms. The lowest BCUT2D eigenvalue weighted by Crippen LogP contribution is -2.51. The van der Waals surface area contributed by atoms with Crippen molar-refractivity contribution in [3.8, 4) is 23.4 Å². The van der Waals surface area contributed by atoms with E-state index in [2.05, 4.69) is 4.98 Å². The van der Waals surface area contributed by atoms with Gasteiger partial charge in [0.1, 0.15) is 17.8 Å². The van der Waals surface area contributed by atoms with Gasteiger partial charge in [0, 0.05) is 12.6 Å². The number of halogens is 3. The van der Waals surface area contributed by atoms with Crippen LogP contribution < -0.4 is 14.4 Å². The Morgan fingerprint density at radius 1 is 0.929 bits per heavy atom. The van der Waals surface area contributed by atoms with Gasteiger partial charge in [-0.3, -0.25) is 0 Å². The van der Waals surface area contributed by atoms with Crippen molar-refractivity contribution in [2.75, 3.05) is 11.5 Å². The first-order chi connectivity index (χ1) is 20.1. The molecule has 0 radical (unpaired) electrons. The van der Waals surface area contributed by atoms with Crippen molar-refractivity contribution in [3.63, 3.8) is 0 Å². The van der Waals surface area contributed by atoms with E-state index >= 15 is 13.2 Å². The number of esters is 1. The SMILES string of the molecule is CCOC(=O)C(C)(C)N(Cc1ccccc1)c1c(F)c(F)nc(Oc2cc(C#N)ccc2OCc2ccccc2)c1F.